The van der Waals surface area contributed by atoms with E-state index in [-0.39, 0.29) is 18.0 Å². The number of carbonyl (C=O) groups excluding carboxylic acids is 1. The lowest BCUT2D eigenvalue weighted by molar-refractivity contribution is -0.119. The molecule has 8 heteroatoms. The molecule has 0 saturated heterocycles. The Morgan fingerprint density at radius 3 is 2.22 bits per heavy atom. The maximum atomic E-state index is 13.7. The SMILES string of the molecule is Cc1ccc(S(=O)(=O)N(CC(=O)NCc2ccccc2-n2ccnc2C)c2cc(C)cc(C)c2)cc1. The van der Waals surface area contributed by atoms with Gasteiger partial charge in [0.25, 0.3) is 10.0 Å². The minimum absolute atomic E-state index is 0.140. The number of amides is 1. The summed E-state index contributed by atoms with van der Waals surface area (Å²) in [5.41, 5.74) is 5.05. The number of sulfonamides is 1. The summed E-state index contributed by atoms with van der Waals surface area (Å²) in [5.74, 6) is 0.431. The first-order valence-corrected chi connectivity index (χ1v) is 13.1. The first-order chi connectivity index (χ1) is 17.1. The zero-order valence-corrected chi connectivity index (χ0v) is 21.7. The van der Waals surface area contributed by atoms with Crippen molar-refractivity contribution < 1.29 is 13.2 Å². The van der Waals surface area contributed by atoms with E-state index in [1.54, 1.807) is 42.6 Å². The van der Waals surface area contributed by atoms with Crippen LogP contribution in [0.2, 0.25) is 0 Å². The van der Waals surface area contributed by atoms with Gasteiger partial charge in [-0.15, -0.1) is 0 Å². The highest BCUT2D eigenvalue weighted by Gasteiger charge is 2.27. The van der Waals surface area contributed by atoms with Gasteiger partial charge in [0, 0.05) is 18.9 Å². The highest BCUT2D eigenvalue weighted by Crippen LogP contribution is 2.26. The number of para-hydroxylation sites is 1. The minimum atomic E-state index is -3.97. The second-order valence-electron chi connectivity index (χ2n) is 8.92. The predicted octanol–water partition coefficient (Wildman–Crippen LogP) is 4.62. The van der Waals surface area contributed by atoms with Crippen LogP contribution in [0.5, 0.6) is 0 Å². The molecule has 1 N–H and O–H groups in total. The number of carbonyl (C=O) groups is 1. The minimum Gasteiger partial charge on any atom is -0.350 e. The molecule has 0 spiro atoms. The van der Waals surface area contributed by atoms with Crippen LogP contribution in [0.1, 0.15) is 28.1 Å². The Morgan fingerprint density at radius 2 is 1.58 bits per heavy atom. The molecule has 0 bridgehead atoms. The molecule has 0 aliphatic rings. The smallest absolute Gasteiger partial charge is 0.264 e. The topological polar surface area (TPSA) is 84.3 Å². The molecule has 3 aromatic carbocycles. The summed E-state index contributed by atoms with van der Waals surface area (Å²) < 4.78 is 30.4. The summed E-state index contributed by atoms with van der Waals surface area (Å²) >= 11 is 0. The lowest BCUT2D eigenvalue weighted by Crippen LogP contribution is -2.40. The molecule has 1 heterocycles. The van der Waals surface area contributed by atoms with Gasteiger partial charge in [0.2, 0.25) is 5.91 Å². The Bertz CT molecular complexity index is 1470. The van der Waals surface area contributed by atoms with Crippen LogP contribution in [0.4, 0.5) is 5.69 Å². The highest BCUT2D eigenvalue weighted by molar-refractivity contribution is 7.92. The van der Waals surface area contributed by atoms with Crippen molar-refractivity contribution in [2.24, 2.45) is 0 Å². The number of benzene rings is 3. The third-order valence-electron chi connectivity index (χ3n) is 5.94. The van der Waals surface area contributed by atoms with E-state index in [2.05, 4.69) is 10.3 Å². The van der Waals surface area contributed by atoms with Crippen molar-refractivity contribution >= 4 is 21.6 Å². The number of nitrogens with one attached hydrogen (secondary N) is 1. The number of hydrogen-bond acceptors (Lipinski definition) is 4. The summed E-state index contributed by atoms with van der Waals surface area (Å²) in [7, 11) is -3.97. The van der Waals surface area contributed by atoms with Crippen LogP contribution < -0.4 is 9.62 Å². The van der Waals surface area contributed by atoms with Crippen molar-refractivity contribution in [1.29, 1.82) is 0 Å². The maximum absolute atomic E-state index is 13.7. The van der Waals surface area contributed by atoms with Gasteiger partial charge < -0.3 is 9.88 Å². The van der Waals surface area contributed by atoms with Gasteiger partial charge in [-0.3, -0.25) is 9.10 Å². The lowest BCUT2D eigenvalue weighted by atomic mass is 10.1. The largest absolute Gasteiger partial charge is 0.350 e. The second kappa shape index (κ2) is 10.4. The van der Waals surface area contributed by atoms with Crippen molar-refractivity contribution in [1.82, 2.24) is 14.9 Å². The Balaban J connectivity index is 1.61. The van der Waals surface area contributed by atoms with Crippen LogP contribution in [-0.2, 0) is 21.4 Å². The summed E-state index contributed by atoms with van der Waals surface area (Å²) in [6, 6.07) is 19.9. The van der Waals surface area contributed by atoms with Crippen LogP contribution in [0, 0.1) is 27.7 Å². The maximum Gasteiger partial charge on any atom is 0.264 e. The highest BCUT2D eigenvalue weighted by atomic mass is 32.2. The van der Waals surface area contributed by atoms with E-state index in [9.17, 15) is 13.2 Å². The van der Waals surface area contributed by atoms with Crippen LogP contribution in [0.25, 0.3) is 5.69 Å². The Hall–Kier alpha value is -3.91. The molecule has 0 aliphatic carbocycles. The fourth-order valence-corrected chi connectivity index (χ4v) is 5.56. The van der Waals surface area contributed by atoms with Gasteiger partial charge in [0.1, 0.15) is 12.4 Å². The van der Waals surface area contributed by atoms with E-state index in [1.807, 2.05) is 68.8 Å². The molecule has 186 valence electrons. The van der Waals surface area contributed by atoms with Crippen molar-refractivity contribution in [2.75, 3.05) is 10.8 Å². The zero-order chi connectivity index (χ0) is 25.9. The molecule has 0 unspecified atom stereocenters. The number of anilines is 1. The van der Waals surface area contributed by atoms with E-state index in [1.165, 1.54) is 4.31 Å². The fourth-order valence-electron chi connectivity index (χ4n) is 4.16. The average molecular weight is 503 g/mol. The summed E-state index contributed by atoms with van der Waals surface area (Å²) in [6.45, 7) is 7.52. The molecule has 0 saturated carbocycles. The predicted molar refractivity (Wildman–Crippen MR) is 142 cm³/mol. The van der Waals surface area contributed by atoms with Crippen LogP contribution in [0.3, 0.4) is 0 Å². The third-order valence-corrected chi connectivity index (χ3v) is 7.73. The molecule has 0 aliphatic heterocycles. The zero-order valence-electron chi connectivity index (χ0n) is 20.9. The standard InChI is InChI=1S/C28H30N4O3S/c1-20-9-11-26(12-10-20)36(34,35)32(25-16-21(2)15-22(3)17-25)19-28(33)30-18-24-7-5-6-8-27(24)31-14-13-29-23(31)4/h5-17H,18-19H2,1-4H3,(H,30,33). The molecule has 1 amide bonds. The second-order valence-corrected chi connectivity index (χ2v) is 10.8. The number of rotatable bonds is 8. The Kier molecular flexibility index (Phi) is 7.26. The Morgan fingerprint density at radius 1 is 0.917 bits per heavy atom. The molecule has 1 aromatic heterocycles. The van der Waals surface area contributed by atoms with Crippen molar-refractivity contribution in [3.8, 4) is 5.69 Å². The van der Waals surface area contributed by atoms with E-state index >= 15 is 0 Å². The monoisotopic (exact) mass is 502 g/mol. The van der Waals surface area contributed by atoms with Gasteiger partial charge in [-0.1, -0.05) is 42.0 Å². The lowest BCUT2D eigenvalue weighted by Gasteiger charge is -2.25. The molecule has 7 nitrogen and oxygen atoms in total. The van der Waals surface area contributed by atoms with Gasteiger partial charge in [-0.25, -0.2) is 13.4 Å². The molecule has 0 atom stereocenters. The number of nitrogens with zero attached hydrogens (tertiary/aromatic N) is 3. The normalized spacial score (nSPS) is 11.3. The molecule has 4 aromatic rings. The molecule has 36 heavy (non-hydrogen) atoms. The molecule has 4 rings (SSSR count). The first-order valence-electron chi connectivity index (χ1n) is 11.7. The van der Waals surface area contributed by atoms with E-state index in [0.717, 1.165) is 33.8 Å². The number of imidazole rings is 1. The van der Waals surface area contributed by atoms with E-state index in [0.29, 0.717) is 5.69 Å². The number of hydrogen-bond donors (Lipinski definition) is 1. The Labute approximate surface area is 212 Å². The van der Waals surface area contributed by atoms with Gasteiger partial charge in [0.05, 0.1) is 16.3 Å². The van der Waals surface area contributed by atoms with Gasteiger partial charge >= 0.3 is 0 Å². The summed E-state index contributed by atoms with van der Waals surface area (Å²) in [4.78, 5) is 17.6. The summed E-state index contributed by atoms with van der Waals surface area (Å²) in [5, 5.41) is 2.90. The molecule has 0 fully saturated rings. The van der Waals surface area contributed by atoms with Crippen LogP contribution in [-0.4, -0.2) is 30.4 Å². The van der Waals surface area contributed by atoms with Crippen molar-refractivity contribution in [3.05, 3.63) is 107 Å². The van der Waals surface area contributed by atoms with E-state index in [4.69, 9.17) is 0 Å². The fraction of sp³-hybridized carbons (Fsp3) is 0.214. The van der Waals surface area contributed by atoms with Crippen LogP contribution >= 0.6 is 0 Å². The average Bonchev–Trinajstić information content (AvgIpc) is 3.26. The molecular formula is C28H30N4O3S. The quantitative estimate of drug-likeness (QED) is 0.381. The first kappa shape index (κ1) is 25.2. The number of aromatic nitrogens is 2. The van der Waals surface area contributed by atoms with Crippen LogP contribution in [0.15, 0.2) is 84.0 Å². The van der Waals surface area contributed by atoms with Crippen molar-refractivity contribution in [3.63, 3.8) is 0 Å². The summed E-state index contributed by atoms with van der Waals surface area (Å²) in [6.07, 6.45) is 3.59. The van der Waals surface area contributed by atoms with Gasteiger partial charge in [-0.05, 0) is 74.7 Å². The number of aryl methyl sites for hydroxylation is 4. The van der Waals surface area contributed by atoms with Crippen molar-refractivity contribution in [2.45, 2.75) is 39.1 Å². The van der Waals surface area contributed by atoms with Gasteiger partial charge in [0.15, 0.2) is 0 Å². The molecule has 0 radical (unpaired) electrons. The molecular weight excluding hydrogens is 472 g/mol. The van der Waals surface area contributed by atoms with E-state index < -0.39 is 15.9 Å². The van der Waals surface area contributed by atoms with Gasteiger partial charge in [-0.2, -0.15) is 0 Å². The third kappa shape index (κ3) is 5.49.